The van der Waals surface area contributed by atoms with Gasteiger partial charge < -0.3 is 15.0 Å². The van der Waals surface area contributed by atoms with Crippen LogP contribution in [0.25, 0.3) is 0 Å². The molecule has 0 spiro atoms. The Bertz CT molecular complexity index is 867. The fourth-order valence-electron chi connectivity index (χ4n) is 2.28. The molecule has 1 N–H and O–H groups in total. The lowest BCUT2D eigenvalue weighted by Crippen LogP contribution is -2.32. The van der Waals surface area contributed by atoms with Gasteiger partial charge in [-0.05, 0) is 30.3 Å². The third-order valence-electron chi connectivity index (χ3n) is 3.90. The minimum atomic E-state index is -3.58. The molecule has 26 heavy (non-hydrogen) atoms. The summed E-state index contributed by atoms with van der Waals surface area (Å²) in [4.78, 5) is 14.1. The van der Waals surface area contributed by atoms with Crippen molar-refractivity contribution < 1.29 is 17.9 Å². The fraction of sp³-hybridized carbons (Fsp3) is 0.278. The summed E-state index contributed by atoms with van der Waals surface area (Å²) in [5.74, 6) is 0.289. The van der Waals surface area contributed by atoms with Crippen LogP contribution in [-0.2, 0) is 14.8 Å². The predicted molar refractivity (Wildman–Crippen MR) is 102 cm³/mol. The first-order valence-electron chi connectivity index (χ1n) is 7.93. The number of para-hydroxylation sites is 1. The Kier molecular flexibility index (Phi) is 6.23. The second-order valence-electron chi connectivity index (χ2n) is 5.79. The zero-order valence-electron chi connectivity index (χ0n) is 15.3. The second-order valence-corrected chi connectivity index (χ2v) is 7.94. The van der Waals surface area contributed by atoms with Crippen LogP contribution in [0, 0.1) is 0 Å². The average molecular weight is 377 g/mol. The molecule has 2 rings (SSSR count). The summed E-state index contributed by atoms with van der Waals surface area (Å²) in [6.45, 7) is -0.00673. The third-order valence-corrected chi connectivity index (χ3v) is 5.71. The lowest BCUT2D eigenvalue weighted by atomic mass is 10.2. The van der Waals surface area contributed by atoms with Gasteiger partial charge in [0, 0.05) is 26.8 Å². The maximum Gasteiger partial charge on any atom is 0.246 e. The molecule has 0 aliphatic carbocycles. The molecule has 8 heteroatoms. The van der Waals surface area contributed by atoms with E-state index in [-0.39, 0.29) is 17.3 Å². The van der Waals surface area contributed by atoms with Crippen LogP contribution in [0.5, 0.6) is 5.75 Å². The maximum atomic E-state index is 12.4. The van der Waals surface area contributed by atoms with E-state index in [1.54, 1.807) is 13.1 Å². The summed E-state index contributed by atoms with van der Waals surface area (Å²) in [7, 11) is 2.52. The van der Waals surface area contributed by atoms with E-state index >= 15 is 0 Å². The molecule has 0 unspecified atom stereocenters. The molecule has 0 aliphatic heterocycles. The molecule has 0 bridgehead atoms. The zero-order valence-corrected chi connectivity index (χ0v) is 16.1. The van der Waals surface area contributed by atoms with Crippen LogP contribution in [-0.4, -0.2) is 53.4 Å². The van der Waals surface area contributed by atoms with Crippen molar-refractivity contribution in [3.63, 3.8) is 0 Å². The normalized spacial score (nSPS) is 11.3. The van der Waals surface area contributed by atoms with Crippen molar-refractivity contribution in [3.05, 3.63) is 48.5 Å². The van der Waals surface area contributed by atoms with Crippen LogP contribution in [0.2, 0.25) is 0 Å². The van der Waals surface area contributed by atoms with E-state index in [4.69, 9.17) is 4.74 Å². The van der Waals surface area contributed by atoms with Gasteiger partial charge in [-0.15, -0.1) is 0 Å². The summed E-state index contributed by atoms with van der Waals surface area (Å²) in [6, 6.07) is 13.7. The molecule has 0 aliphatic rings. The molecule has 2 aromatic carbocycles. The van der Waals surface area contributed by atoms with Gasteiger partial charge in [-0.2, -0.15) is 0 Å². The Morgan fingerprint density at radius 1 is 1.08 bits per heavy atom. The number of nitrogens with one attached hydrogen (secondary N) is 1. The van der Waals surface area contributed by atoms with Gasteiger partial charge in [-0.3, -0.25) is 4.79 Å². The van der Waals surface area contributed by atoms with Crippen LogP contribution in [0.15, 0.2) is 53.4 Å². The van der Waals surface area contributed by atoms with Gasteiger partial charge >= 0.3 is 0 Å². The number of carbonyl (C=O) groups is 1. The molecule has 0 saturated carbocycles. The van der Waals surface area contributed by atoms with E-state index in [9.17, 15) is 13.2 Å². The molecule has 0 radical (unpaired) electrons. The van der Waals surface area contributed by atoms with Crippen molar-refractivity contribution >= 4 is 27.3 Å². The largest absolute Gasteiger partial charge is 0.495 e. The van der Waals surface area contributed by atoms with Gasteiger partial charge in [0.1, 0.15) is 5.75 Å². The molecule has 0 saturated heterocycles. The number of sulfonamides is 1. The molecule has 0 atom stereocenters. The third kappa shape index (κ3) is 4.33. The summed E-state index contributed by atoms with van der Waals surface area (Å²) >= 11 is 0. The highest BCUT2D eigenvalue weighted by molar-refractivity contribution is 7.89. The first kappa shape index (κ1) is 19.7. The average Bonchev–Trinajstić information content (AvgIpc) is 2.65. The minimum Gasteiger partial charge on any atom is -0.495 e. The number of rotatable bonds is 7. The van der Waals surface area contributed by atoms with E-state index in [1.165, 1.54) is 38.2 Å². The van der Waals surface area contributed by atoms with Crippen molar-refractivity contribution in [3.8, 4) is 5.75 Å². The summed E-state index contributed by atoms with van der Waals surface area (Å²) in [6.07, 6.45) is 0. The van der Waals surface area contributed by atoms with Crippen molar-refractivity contribution in [2.24, 2.45) is 0 Å². The minimum absolute atomic E-state index is 0.00673. The van der Waals surface area contributed by atoms with Crippen LogP contribution in [0.1, 0.15) is 0 Å². The summed E-state index contributed by atoms with van der Waals surface area (Å²) in [5, 5.41) is 2.97. The van der Waals surface area contributed by atoms with Gasteiger partial charge in [0.2, 0.25) is 15.9 Å². The van der Waals surface area contributed by atoms with Crippen LogP contribution in [0.3, 0.4) is 0 Å². The molecule has 0 heterocycles. The number of ether oxygens (including phenoxy) is 1. The van der Waals surface area contributed by atoms with E-state index in [0.717, 1.165) is 9.99 Å². The molecule has 0 fully saturated rings. The van der Waals surface area contributed by atoms with E-state index in [0.29, 0.717) is 11.4 Å². The molecular weight excluding hydrogens is 354 g/mol. The Morgan fingerprint density at radius 2 is 1.73 bits per heavy atom. The number of methoxy groups -OCH3 is 1. The number of hydrogen-bond acceptors (Lipinski definition) is 5. The van der Waals surface area contributed by atoms with Crippen LogP contribution in [0.4, 0.5) is 11.4 Å². The van der Waals surface area contributed by atoms with Crippen LogP contribution >= 0.6 is 0 Å². The SMILES string of the molecule is COc1ccc(S(=O)(=O)N(C)C)cc1NCC(=O)N(C)c1ccccc1. The number of likely N-dealkylation sites (N-methyl/N-ethyl adjacent to an activating group) is 1. The zero-order chi connectivity index (χ0) is 19.3. The Hall–Kier alpha value is -2.58. The molecular formula is C18H23N3O4S. The first-order chi connectivity index (χ1) is 12.3. The smallest absolute Gasteiger partial charge is 0.246 e. The van der Waals surface area contributed by atoms with Gasteiger partial charge in [-0.1, -0.05) is 18.2 Å². The number of hydrogen-bond donors (Lipinski definition) is 1. The number of carbonyl (C=O) groups excluding carboxylic acids is 1. The predicted octanol–water partition coefficient (Wildman–Crippen LogP) is 2.02. The van der Waals surface area contributed by atoms with E-state index in [1.807, 2.05) is 30.3 Å². The van der Waals surface area contributed by atoms with Crippen molar-refractivity contribution in [2.75, 3.05) is 45.0 Å². The highest BCUT2D eigenvalue weighted by Gasteiger charge is 2.19. The first-order valence-corrected chi connectivity index (χ1v) is 9.37. The quantitative estimate of drug-likeness (QED) is 0.799. The maximum absolute atomic E-state index is 12.4. The number of anilines is 2. The molecule has 140 valence electrons. The molecule has 7 nitrogen and oxygen atoms in total. The molecule has 2 aromatic rings. The van der Waals surface area contributed by atoms with Gasteiger partial charge in [-0.25, -0.2) is 12.7 Å². The molecule has 1 amide bonds. The van der Waals surface area contributed by atoms with Crippen molar-refractivity contribution in [1.82, 2.24) is 4.31 Å². The lowest BCUT2D eigenvalue weighted by Gasteiger charge is -2.19. The number of nitrogens with zero attached hydrogens (tertiary/aromatic N) is 2. The monoisotopic (exact) mass is 377 g/mol. The standard InChI is InChI=1S/C18H23N3O4S/c1-20(2)26(23,24)15-10-11-17(25-4)16(12-15)19-13-18(22)21(3)14-8-6-5-7-9-14/h5-12,19H,13H2,1-4H3. The van der Waals surface area contributed by atoms with Gasteiger partial charge in [0.25, 0.3) is 0 Å². The second kappa shape index (κ2) is 8.20. The summed E-state index contributed by atoms with van der Waals surface area (Å²) in [5.41, 5.74) is 1.21. The fourth-order valence-corrected chi connectivity index (χ4v) is 3.21. The highest BCUT2D eigenvalue weighted by atomic mass is 32.2. The number of amides is 1. The Labute approximate surface area is 154 Å². The van der Waals surface area contributed by atoms with Crippen LogP contribution < -0.4 is 15.0 Å². The molecule has 0 aromatic heterocycles. The van der Waals surface area contributed by atoms with Crippen molar-refractivity contribution in [2.45, 2.75) is 4.90 Å². The van der Waals surface area contributed by atoms with E-state index in [2.05, 4.69) is 5.32 Å². The topological polar surface area (TPSA) is 79.0 Å². The van der Waals surface area contributed by atoms with Crippen molar-refractivity contribution in [1.29, 1.82) is 0 Å². The Morgan fingerprint density at radius 3 is 2.31 bits per heavy atom. The van der Waals surface area contributed by atoms with E-state index < -0.39 is 10.0 Å². The highest BCUT2D eigenvalue weighted by Crippen LogP contribution is 2.28. The van der Waals surface area contributed by atoms with Gasteiger partial charge in [0.05, 0.1) is 24.2 Å². The Balaban J connectivity index is 2.19. The van der Waals surface area contributed by atoms with Gasteiger partial charge in [0.15, 0.2) is 0 Å². The summed E-state index contributed by atoms with van der Waals surface area (Å²) < 4.78 is 31.0. The lowest BCUT2D eigenvalue weighted by molar-refractivity contribution is -0.116. The number of benzene rings is 2.